The number of hydrogen-bond acceptors (Lipinski definition) is 5. The summed E-state index contributed by atoms with van der Waals surface area (Å²) in [6.07, 6.45) is 0. The number of aromatic nitrogens is 5. The fourth-order valence-electron chi connectivity index (χ4n) is 8.80. The van der Waals surface area contributed by atoms with E-state index in [1.165, 1.54) is 5.39 Å². The minimum Gasteiger partial charge on any atom is -0.456 e. The zero-order valence-corrected chi connectivity index (χ0v) is 31.4. The topological polar surface area (TPSA) is 85.5 Å². The third kappa shape index (κ3) is 5.04. The summed E-state index contributed by atoms with van der Waals surface area (Å²) < 4.78 is 11.2. The predicted molar refractivity (Wildman–Crippen MR) is 237 cm³/mol. The average molecular weight is 755 g/mol. The highest BCUT2D eigenvalue weighted by atomic mass is 16.3. The SMILES string of the molecule is N#Cc1cc(-c2nc(-c3ccccc3)nc(-c3ccccc3)n2)ccc1-n1c2ccccc2c2c3c(ccc21)oc1cc2c4ccccc4n(-c4ccccc4)c2cc13. The van der Waals surface area contributed by atoms with E-state index in [2.05, 4.69) is 106 Å². The molecule has 12 aromatic rings. The van der Waals surface area contributed by atoms with E-state index in [0.29, 0.717) is 23.0 Å². The average Bonchev–Trinajstić information content (AvgIpc) is 3.95. The Balaban J connectivity index is 1.08. The molecule has 0 aliphatic carbocycles. The van der Waals surface area contributed by atoms with Crippen molar-refractivity contribution in [2.45, 2.75) is 0 Å². The second-order valence-electron chi connectivity index (χ2n) is 14.7. The number of nitriles is 1. The normalized spacial score (nSPS) is 11.7. The lowest BCUT2D eigenvalue weighted by molar-refractivity contribution is 0.670. The molecular weight excluding hydrogens is 725 g/mol. The minimum absolute atomic E-state index is 0.494. The summed E-state index contributed by atoms with van der Waals surface area (Å²) >= 11 is 0. The van der Waals surface area contributed by atoms with E-state index in [1.54, 1.807) is 0 Å². The molecule has 12 rings (SSSR count). The van der Waals surface area contributed by atoms with Crippen molar-refractivity contribution in [3.8, 4) is 51.6 Å². The van der Waals surface area contributed by atoms with Crippen molar-refractivity contribution in [3.05, 3.63) is 188 Å². The van der Waals surface area contributed by atoms with Gasteiger partial charge in [0, 0.05) is 54.7 Å². The molecule has 0 radical (unpaired) electrons. The van der Waals surface area contributed by atoms with Gasteiger partial charge in [-0.25, -0.2) is 15.0 Å². The summed E-state index contributed by atoms with van der Waals surface area (Å²) in [5.41, 5.74) is 10.7. The number of benzene rings is 8. The van der Waals surface area contributed by atoms with Crippen LogP contribution >= 0.6 is 0 Å². The molecule has 59 heavy (non-hydrogen) atoms. The van der Waals surface area contributed by atoms with Crippen LogP contribution in [0.3, 0.4) is 0 Å². The first-order chi connectivity index (χ1) is 29.2. The molecule has 7 heteroatoms. The maximum atomic E-state index is 10.8. The number of fused-ring (bicyclic) bond motifs is 10. The van der Waals surface area contributed by atoms with Crippen LogP contribution in [0.1, 0.15) is 5.56 Å². The van der Waals surface area contributed by atoms with Crippen molar-refractivity contribution >= 4 is 65.6 Å². The van der Waals surface area contributed by atoms with Crippen molar-refractivity contribution < 1.29 is 4.42 Å². The molecule has 8 aromatic carbocycles. The second kappa shape index (κ2) is 12.8. The van der Waals surface area contributed by atoms with E-state index < -0.39 is 0 Å². The standard InChI is InChI=1S/C52H30N6O/c53-31-35-28-34(52-55-50(32-14-4-1-5-15-32)54-51(56-52)33-16-6-2-7-17-33)24-25-41(35)58-43-23-13-11-21-38(43)48-44(58)26-27-46-49(48)40-29-45-39(30-47(40)59-46)37-20-10-12-22-42(37)57(45)36-18-8-3-9-19-36/h1-30H. The highest BCUT2D eigenvalue weighted by molar-refractivity contribution is 6.29. The van der Waals surface area contributed by atoms with Crippen LogP contribution in [0, 0.1) is 11.3 Å². The van der Waals surface area contributed by atoms with Crippen LogP contribution in [0.4, 0.5) is 0 Å². The summed E-state index contributed by atoms with van der Waals surface area (Å²) in [4.78, 5) is 14.7. The maximum absolute atomic E-state index is 10.8. The second-order valence-corrected chi connectivity index (χ2v) is 14.7. The zero-order chi connectivity index (χ0) is 39.0. The Morgan fingerprint density at radius 2 is 1.00 bits per heavy atom. The highest BCUT2D eigenvalue weighted by Gasteiger charge is 2.23. The molecule has 0 saturated heterocycles. The molecular formula is C52H30N6O. The maximum Gasteiger partial charge on any atom is 0.164 e. The smallest absolute Gasteiger partial charge is 0.164 e. The Morgan fingerprint density at radius 3 is 1.68 bits per heavy atom. The quantitative estimate of drug-likeness (QED) is 0.175. The summed E-state index contributed by atoms with van der Waals surface area (Å²) in [5, 5.41) is 17.4. The number of para-hydroxylation sites is 3. The summed E-state index contributed by atoms with van der Waals surface area (Å²) in [6.45, 7) is 0. The molecule has 0 aliphatic rings. The molecule has 0 N–H and O–H groups in total. The van der Waals surface area contributed by atoms with Crippen LogP contribution in [0.15, 0.2) is 186 Å². The Labute approximate surface area is 337 Å². The van der Waals surface area contributed by atoms with Crippen molar-refractivity contribution in [3.63, 3.8) is 0 Å². The Bertz CT molecular complexity index is 3610. The van der Waals surface area contributed by atoms with Gasteiger partial charge in [0.25, 0.3) is 0 Å². The number of furan rings is 1. The Morgan fingerprint density at radius 1 is 0.407 bits per heavy atom. The van der Waals surface area contributed by atoms with Crippen LogP contribution in [0.2, 0.25) is 0 Å². The van der Waals surface area contributed by atoms with Crippen LogP contribution in [0.25, 0.3) is 111 Å². The third-order valence-corrected chi connectivity index (χ3v) is 11.4. The molecule has 274 valence electrons. The molecule has 0 bridgehead atoms. The van der Waals surface area contributed by atoms with E-state index in [9.17, 15) is 5.26 Å². The molecule has 4 heterocycles. The molecule has 7 nitrogen and oxygen atoms in total. The molecule has 0 spiro atoms. The van der Waals surface area contributed by atoms with E-state index in [4.69, 9.17) is 19.4 Å². The number of nitrogens with zero attached hydrogens (tertiary/aromatic N) is 6. The van der Waals surface area contributed by atoms with Crippen LogP contribution in [-0.4, -0.2) is 24.1 Å². The molecule has 0 aliphatic heterocycles. The van der Waals surface area contributed by atoms with Gasteiger partial charge >= 0.3 is 0 Å². The van der Waals surface area contributed by atoms with Crippen molar-refractivity contribution in [2.24, 2.45) is 0 Å². The summed E-state index contributed by atoms with van der Waals surface area (Å²) in [7, 11) is 0. The number of hydrogen-bond donors (Lipinski definition) is 0. The third-order valence-electron chi connectivity index (χ3n) is 11.4. The molecule has 0 atom stereocenters. The van der Waals surface area contributed by atoms with E-state index in [0.717, 1.165) is 88.2 Å². The van der Waals surface area contributed by atoms with E-state index >= 15 is 0 Å². The largest absolute Gasteiger partial charge is 0.456 e. The van der Waals surface area contributed by atoms with Gasteiger partial charge in [-0.3, -0.25) is 0 Å². The van der Waals surface area contributed by atoms with Gasteiger partial charge < -0.3 is 13.6 Å². The minimum atomic E-state index is 0.494. The van der Waals surface area contributed by atoms with Gasteiger partial charge in [-0.2, -0.15) is 5.26 Å². The van der Waals surface area contributed by atoms with Crippen LogP contribution < -0.4 is 0 Å². The lowest BCUT2D eigenvalue weighted by Crippen LogP contribution is -2.02. The zero-order valence-electron chi connectivity index (χ0n) is 31.4. The first-order valence-electron chi connectivity index (χ1n) is 19.5. The van der Waals surface area contributed by atoms with Gasteiger partial charge in [-0.15, -0.1) is 0 Å². The fraction of sp³-hybridized carbons (Fsp3) is 0. The first kappa shape index (κ1) is 32.9. The van der Waals surface area contributed by atoms with Crippen LogP contribution in [0.5, 0.6) is 0 Å². The first-order valence-corrected chi connectivity index (χ1v) is 19.5. The monoisotopic (exact) mass is 754 g/mol. The summed E-state index contributed by atoms with van der Waals surface area (Å²) in [6, 6.07) is 64.3. The molecule has 0 amide bonds. The lowest BCUT2D eigenvalue weighted by atomic mass is 10.0. The van der Waals surface area contributed by atoms with Gasteiger partial charge in [0.2, 0.25) is 0 Å². The fourth-order valence-corrected chi connectivity index (χ4v) is 8.80. The van der Waals surface area contributed by atoms with Gasteiger partial charge in [0.1, 0.15) is 17.2 Å². The summed E-state index contributed by atoms with van der Waals surface area (Å²) in [5.74, 6) is 1.63. The van der Waals surface area contributed by atoms with Crippen molar-refractivity contribution in [2.75, 3.05) is 0 Å². The Kier molecular flexibility index (Phi) is 7.16. The highest BCUT2D eigenvalue weighted by Crippen LogP contribution is 2.44. The molecule has 0 unspecified atom stereocenters. The lowest BCUT2D eigenvalue weighted by Gasteiger charge is -2.12. The van der Waals surface area contributed by atoms with E-state index in [-0.39, 0.29) is 0 Å². The van der Waals surface area contributed by atoms with Gasteiger partial charge in [-0.05, 0) is 66.7 Å². The van der Waals surface area contributed by atoms with Gasteiger partial charge in [0.05, 0.1) is 33.3 Å². The van der Waals surface area contributed by atoms with Gasteiger partial charge in [0.15, 0.2) is 17.5 Å². The number of rotatable bonds is 5. The van der Waals surface area contributed by atoms with Crippen molar-refractivity contribution in [1.82, 2.24) is 24.1 Å². The van der Waals surface area contributed by atoms with Gasteiger partial charge in [-0.1, -0.05) is 115 Å². The molecule has 0 fully saturated rings. The van der Waals surface area contributed by atoms with Crippen molar-refractivity contribution in [1.29, 1.82) is 5.26 Å². The van der Waals surface area contributed by atoms with Crippen LogP contribution in [-0.2, 0) is 0 Å². The molecule has 0 saturated carbocycles. The van der Waals surface area contributed by atoms with E-state index in [1.807, 2.05) is 91.0 Å². The molecule has 4 aromatic heterocycles. The Hall–Kier alpha value is -8.34. The predicted octanol–water partition coefficient (Wildman–Crippen LogP) is 12.8.